The van der Waals surface area contributed by atoms with Gasteiger partial charge < -0.3 is 4.74 Å². The SMILES string of the molecule is CCCCCC1CCC(c2ccc(-c3ccc(COC)c(F)c3F)cc2F)CC1. The minimum Gasteiger partial charge on any atom is -0.380 e. The Bertz CT molecular complexity index is 810. The van der Waals surface area contributed by atoms with Crippen LogP contribution in [0.25, 0.3) is 11.1 Å². The molecule has 0 bridgehead atoms. The van der Waals surface area contributed by atoms with E-state index in [4.69, 9.17) is 4.74 Å². The number of halogens is 3. The van der Waals surface area contributed by atoms with Crippen LogP contribution in [0.2, 0.25) is 0 Å². The van der Waals surface area contributed by atoms with E-state index in [1.165, 1.54) is 51.0 Å². The molecule has 0 heterocycles. The second kappa shape index (κ2) is 10.3. The minimum absolute atomic E-state index is 0.00253. The molecule has 1 aliphatic rings. The fraction of sp³-hybridized carbons (Fsp3) is 0.520. The van der Waals surface area contributed by atoms with Crippen LogP contribution in [0.5, 0.6) is 0 Å². The summed E-state index contributed by atoms with van der Waals surface area (Å²) in [4.78, 5) is 0. The molecular formula is C25H31F3O. The van der Waals surface area contributed by atoms with Gasteiger partial charge in [-0.2, -0.15) is 0 Å². The Morgan fingerprint density at radius 2 is 1.69 bits per heavy atom. The Balaban J connectivity index is 1.71. The van der Waals surface area contributed by atoms with Gasteiger partial charge in [-0.15, -0.1) is 0 Å². The molecule has 1 fully saturated rings. The van der Waals surface area contributed by atoms with Crippen LogP contribution in [0.1, 0.15) is 75.3 Å². The van der Waals surface area contributed by atoms with E-state index in [2.05, 4.69) is 6.92 Å². The molecule has 1 nitrogen and oxygen atoms in total. The summed E-state index contributed by atoms with van der Waals surface area (Å²) in [6, 6.07) is 7.79. The first kappa shape index (κ1) is 21.9. The Kier molecular flexibility index (Phi) is 7.77. The van der Waals surface area contributed by atoms with E-state index in [9.17, 15) is 13.2 Å². The molecule has 0 amide bonds. The highest BCUT2D eigenvalue weighted by Crippen LogP contribution is 2.39. The summed E-state index contributed by atoms with van der Waals surface area (Å²) < 4.78 is 48.4. The van der Waals surface area contributed by atoms with Crippen molar-refractivity contribution in [2.75, 3.05) is 7.11 Å². The lowest BCUT2D eigenvalue weighted by atomic mass is 9.76. The quantitative estimate of drug-likeness (QED) is 0.408. The van der Waals surface area contributed by atoms with Crippen molar-refractivity contribution in [3.63, 3.8) is 0 Å². The number of ether oxygens (including phenoxy) is 1. The predicted octanol–water partition coefficient (Wildman–Crippen LogP) is 7.77. The Morgan fingerprint density at radius 1 is 0.931 bits per heavy atom. The molecule has 3 rings (SSSR count). The van der Waals surface area contributed by atoms with Gasteiger partial charge in [0.05, 0.1) is 6.61 Å². The molecule has 0 aromatic heterocycles. The maximum absolute atomic E-state index is 14.9. The lowest BCUT2D eigenvalue weighted by molar-refractivity contribution is 0.180. The van der Waals surface area contributed by atoms with E-state index in [-0.39, 0.29) is 29.5 Å². The highest BCUT2D eigenvalue weighted by molar-refractivity contribution is 5.65. The molecule has 0 atom stereocenters. The van der Waals surface area contributed by atoms with Crippen LogP contribution in [-0.2, 0) is 11.3 Å². The van der Waals surface area contributed by atoms with Crippen LogP contribution in [0.4, 0.5) is 13.2 Å². The third-order valence-corrected chi connectivity index (χ3v) is 6.28. The molecule has 0 spiro atoms. The Morgan fingerprint density at radius 3 is 2.34 bits per heavy atom. The summed E-state index contributed by atoms with van der Waals surface area (Å²) in [5.74, 6) is -1.23. The summed E-state index contributed by atoms with van der Waals surface area (Å²) >= 11 is 0. The van der Waals surface area contributed by atoms with Gasteiger partial charge in [-0.3, -0.25) is 0 Å². The summed E-state index contributed by atoms with van der Waals surface area (Å²) in [6.45, 7) is 2.22. The van der Waals surface area contributed by atoms with Gasteiger partial charge in [0, 0.05) is 18.2 Å². The van der Waals surface area contributed by atoms with Crippen molar-refractivity contribution in [1.82, 2.24) is 0 Å². The van der Waals surface area contributed by atoms with E-state index in [0.29, 0.717) is 11.1 Å². The predicted molar refractivity (Wildman–Crippen MR) is 111 cm³/mol. The van der Waals surface area contributed by atoms with Crippen LogP contribution < -0.4 is 0 Å². The van der Waals surface area contributed by atoms with E-state index in [1.807, 2.05) is 0 Å². The minimum atomic E-state index is -0.959. The van der Waals surface area contributed by atoms with Gasteiger partial charge in [-0.1, -0.05) is 56.9 Å². The molecule has 4 heteroatoms. The summed E-state index contributed by atoms with van der Waals surface area (Å²) in [5.41, 5.74) is 1.30. The van der Waals surface area contributed by atoms with Gasteiger partial charge >= 0.3 is 0 Å². The maximum atomic E-state index is 14.9. The third kappa shape index (κ3) is 5.22. The summed E-state index contributed by atoms with van der Waals surface area (Å²) in [6.07, 6.45) is 9.41. The van der Waals surface area contributed by atoms with Crippen molar-refractivity contribution < 1.29 is 17.9 Å². The van der Waals surface area contributed by atoms with Crippen molar-refractivity contribution in [3.8, 4) is 11.1 Å². The number of hydrogen-bond acceptors (Lipinski definition) is 1. The van der Waals surface area contributed by atoms with Crippen molar-refractivity contribution >= 4 is 0 Å². The van der Waals surface area contributed by atoms with Gasteiger partial charge in [0.25, 0.3) is 0 Å². The second-order valence-corrected chi connectivity index (χ2v) is 8.28. The zero-order chi connectivity index (χ0) is 20.8. The van der Waals surface area contributed by atoms with Gasteiger partial charge in [-0.25, -0.2) is 13.2 Å². The van der Waals surface area contributed by atoms with E-state index < -0.39 is 11.6 Å². The van der Waals surface area contributed by atoms with Crippen LogP contribution in [0.3, 0.4) is 0 Å². The molecule has 0 N–H and O–H groups in total. The van der Waals surface area contributed by atoms with Crippen molar-refractivity contribution in [2.24, 2.45) is 5.92 Å². The lowest BCUT2D eigenvalue weighted by Gasteiger charge is -2.29. The number of rotatable bonds is 8. The molecule has 0 radical (unpaired) electrons. The average molecular weight is 405 g/mol. The smallest absolute Gasteiger partial charge is 0.167 e. The number of benzene rings is 2. The van der Waals surface area contributed by atoms with Gasteiger partial charge in [0.2, 0.25) is 0 Å². The molecule has 1 aliphatic carbocycles. The molecule has 2 aromatic rings. The molecule has 2 aromatic carbocycles. The molecule has 0 aliphatic heterocycles. The third-order valence-electron chi connectivity index (χ3n) is 6.28. The van der Waals surface area contributed by atoms with E-state index in [1.54, 1.807) is 12.1 Å². The van der Waals surface area contributed by atoms with Crippen molar-refractivity contribution in [3.05, 3.63) is 58.9 Å². The highest BCUT2D eigenvalue weighted by atomic mass is 19.2. The first-order chi connectivity index (χ1) is 14.0. The highest BCUT2D eigenvalue weighted by Gasteiger charge is 2.24. The van der Waals surface area contributed by atoms with E-state index in [0.717, 1.165) is 31.6 Å². The van der Waals surface area contributed by atoms with Crippen LogP contribution in [0.15, 0.2) is 30.3 Å². The Hall–Kier alpha value is -1.81. The Labute approximate surface area is 172 Å². The molecule has 0 saturated heterocycles. The van der Waals surface area contributed by atoms with Crippen LogP contribution in [0, 0.1) is 23.4 Å². The zero-order valence-electron chi connectivity index (χ0n) is 17.4. The molecular weight excluding hydrogens is 373 g/mol. The van der Waals surface area contributed by atoms with Crippen LogP contribution in [-0.4, -0.2) is 7.11 Å². The van der Waals surface area contributed by atoms with E-state index >= 15 is 0 Å². The van der Waals surface area contributed by atoms with Gasteiger partial charge in [-0.05, 0) is 54.7 Å². The zero-order valence-corrected chi connectivity index (χ0v) is 17.4. The van der Waals surface area contributed by atoms with Crippen LogP contribution >= 0.6 is 0 Å². The standard InChI is InChI=1S/C25H31F3O/c1-3-4-5-6-17-7-9-18(10-8-17)21-13-11-19(15-23(21)26)22-14-12-20(16-29-2)24(27)25(22)28/h11-15,17-18H,3-10,16H2,1-2H3. The topological polar surface area (TPSA) is 9.23 Å². The summed E-state index contributed by atoms with van der Waals surface area (Å²) in [5, 5.41) is 0. The lowest BCUT2D eigenvalue weighted by Crippen LogP contribution is -2.14. The van der Waals surface area contributed by atoms with Crippen molar-refractivity contribution in [2.45, 2.75) is 70.8 Å². The van der Waals surface area contributed by atoms with Crippen molar-refractivity contribution in [1.29, 1.82) is 0 Å². The first-order valence-electron chi connectivity index (χ1n) is 10.8. The number of hydrogen-bond donors (Lipinski definition) is 0. The fourth-order valence-electron chi connectivity index (χ4n) is 4.55. The molecule has 1 saturated carbocycles. The monoisotopic (exact) mass is 404 g/mol. The van der Waals surface area contributed by atoms with Gasteiger partial charge in [0.1, 0.15) is 5.82 Å². The number of unbranched alkanes of at least 4 members (excludes halogenated alkanes) is 2. The molecule has 29 heavy (non-hydrogen) atoms. The molecule has 0 unspecified atom stereocenters. The molecule has 158 valence electrons. The summed E-state index contributed by atoms with van der Waals surface area (Å²) in [7, 11) is 1.43. The largest absolute Gasteiger partial charge is 0.380 e. The van der Waals surface area contributed by atoms with Gasteiger partial charge in [0.15, 0.2) is 11.6 Å². The second-order valence-electron chi connectivity index (χ2n) is 8.28. The number of methoxy groups -OCH3 is 1. The maximum Gasteiger partial charge on any atom is 0.167 e. The fourth-order valence-corrected chi connectivity index (χ4v) is 4.55. The first-order valence-corrected chi connectivity index (χ1v) is 10.8. The average Bonchev–Trinajstić information content (AvgIpc) is 2.72. The normalized spacial score (nSPS) is 19.5.